The molecule has 1 heterocycles. The first kappa shape index (κ1) is 12.2. The van der Waals surface area contributed by atoms with E-state index in [-0.39, 0.29) is 12.7 Å². The van der Waals surface area contributed by atoms with Gasteiger partial charge in [0.2, 0.25) is 0 Å². The molecule has 1 aromatic carbocycles. The van der Waals surface area contributed by atoms with Gasteiger partial charge in [-0.1, -0.05) is 11.2 Å². The summed E-state index contributed by atoms with van der Waals surface area (Å²) < 4.78 is 10.6. The average molecular weight is 260 g/mol. The third-order valence-corrected chi connectivity index (χ3v) is 3.33. The first-order valence-corrected chi connectivity index (χ1v) is 6.45. The Morgan fingerprint density at radius 1 is 1.47 bits per heavy atom. The molecule has 0 amide bonds. The van der Waals surface area contributed by atoms with Crippen molar-refractivity contribution >= 4 is 0 Å². The minimum atomic E-state index is -0.377. The number of fused-ring (bicyclic) bond motifs is 1. The molecule has 100 valence electrons. The molecule has 1 N–H and O–H groups in total. The molecule has 0 radical (unpaired) electrons. The van der Waals surface area contributed by atoms with Crippen molar-refractivity contribution in [3.63, 3.8) is 0 Å². The molecular formula is C14H16N2O3. The van der Waals surface area contributed by atoms with Crippen LogP contribution in [-0.4, -0.2) is 15.2 Å². The molecule has 0 fully saturated rings. The van der Waals surface area contributed by atoms with Crippen LogP contribution >= 0.6 is 0 Å². The SMILES string of the molecule is Cc1noc(COc2ccc3c(c2)[C@@H](O)CCC3)n1. The summed E-state index contributed by atoms with van der Waals surface area (Å²) in [6.45, 7) is 2.01. The molecular weight excluding hydrogens is 244 g/mol. The molecule has 0 spiro atoms. The van der Waals surface area contributed by atoms with E-state index >= 15 is 0 Å². The number of benzene rings is 1. The molecule has 0 aliphatic heterocycles. The first-order valence-electron chi connectivity index (χ1n) is 6.45. The molecule has 0 bridgehead atoms. The van der Waals surface area contributed by atoms with Gasteiger partial charge in [-0.15, -0.1) is 0 Å². The molecule has 1 atom stereocenters. The smallest absolute Gasteiger partial charge is 0.264 e. The van der Waals surface area contributed by atoms with Gasteiger partial charge in [-0.25, -0.2) is 0 Å². The van der Waals surface area contributed by atoms with Gasteiger partial charge in [0, 0.05) is 0 Å². The van der Waals surface area contributed by atoms with Crippen molar-refractivity contribution in [2.45, 2.75) is 38.9 Å². The third kappa shape index (κ3) is 2.61. The number of hydrogen-bond acceptors (Lipinski definition) is 5. The first-order chi connectivity index (χ1) is 9.22. The van der Waals surface area contributed by atoms with Gasteiger partial charge in [0.1, 0.15) is 5.75 Å². The van der Waals surface area contributed by atoms with Crippen LogP contribution in [0, 0.1) is 6.92 Å². The Labute approximate surface area is 111 Å². The van der Waals surface area contributed by atoms with Crippen molar-refractivity contribution in [2.75, 3.05) is 0 Å². The second-order valence-corrected chi connectivity index (χ2v) is 4.79. The lowest BCUT2D eigenvalue weighted by Crippen LogP contribution is -2.09. The lowest BCUT2D eigenvalue weighted by atomic mass is 9.89. The molecule has 19 heavy (non-hydrogen) atoms. The molecule has 0 saturated carbocycles. The van der Waals surface area contributed by atoms with Gasteiger partial charge >= 0.3 is 0 Å². The van der Waals surface area contributed by atoms with Crippen molar-refractivity contribution in [1.29, 1.82) is 0 Å². The van der Waals surface area contributed by atoms with Crippen LogP contribution in [0.3, 0.4) is 0 Å². The molecule has 5 nitrogen and oxygen atoms in total. The quantitative estimate of drug-likeness (QED) is 0.917. The van der Waals surface area contributed by atoms with Crippen LogP contribution in [-0.2, 0) is 13.0 Å². The Morgan fingerprint density at radius 2 is 2.37 bits per heavy atom. The van der Waals surface area contributed by atoms with E-state index in [1.54, 1.807) is 6.92 Å². The van der Waals surface area contributed by atoms with Gasteiger partial charge in [0.25, 0.3) is 5.89 Å². The summed E-state index contributed by atoms with van der Waals surface area (Å²) in [6, 6.07) is 5.84. The van der Waals surface area contributed by atoms with Crippen LogP contribution < -0.4 is 4.74 Å². The topological polar surface area (TPSA) is 68.4 Å². The summed E-state index contributed by atoms with van der Waals surface area (Å²) in [6.07, 6.45) is 2.50. The number of aliphatic hydroxyl groups is 1. The highest BCUT2D eigenvalue weighted by Gasteiger charge is 2.18. The fraction of sp³-hybridized carbons (Fsp3) is 0.429. The fourth-order valence-corrected chi connectivity index (χ4v) is 2.39. The predicted octanol–water partition coefficient (Wildman–Crippen LogP) is 2.33. The summed E-state index contributed by atoms with van der Waals surface area (Å²) in [4.78, 5) is 4.08. The second-order valence-electron chi connectivity index (χ2n) is 4.79. The van der Waals surface area contributed by atoms with Gasteiger partial charge in [0.15, 0.2) is 12.4 Å². The Morgan fingerprint density at radius 3 is 3.16 bits per heavy atom. The monoisotopic (exact) mass is 260 g/mol. The van der Waals surface area contributed by atoms with Crippen LogP contribution in [0.1, 0.15) is 41.8 Å². The van der Waals surface area contributed by atoms with Crippen molar-refractivity contribution < 1.29 is 14.4 Å². The minimum absolute atomic E-state index is 0.246. The normalized spacial score (nSPS) is 18.1. The number of nitrogens with zero attached hydrogens (tertiary/aromatic N) is 2. The van der Waals surface area contributed by atoms with E-state index in [1.807, 2.05) is 18.2 Å². The van der Waals surface area contributed by atoms with Gasteiger partial charge in [0.05, 0.1) is 6.10 Å². The van der Waals surface area contributed by atoms with Crippen LogP contribution in [0.15, 0.2) is 22.7 Å². The van der Waals surface area contributed by atoms with E-state index in [2.05, 4.69) is 10.1 Å². The van der Waals surface area contributed by atoms with Gasteiger partial charge < -0.3 is 14.4 Å². The van der Waals surface area contributed by atoms with Crippen molar-refractivity contribution in [2.24, 2.45) is 0 Å². The Bertz CT molecular complexity index is 580. The Hall–Kier alpha value is -1.88. The predicted molar refractivity (Wildman–Crippen MR) is 67.7 cm³/mol. The zero-order chi connectivity index (χ0) is 13.2. The van der Waals surface area contributed by atoms with Crippen molar-refractivity contribution in [3.8, 4) is 5.75 Å². The van der Waals surface area contributed by atoms with E-state index < -0.39 is 0 Å². The van der Waals surface area contributed by atoms with Crippen LogP contribution in [0.25, 0.3) is 0 Å². The summed E-state index contributed by atoms with van der Waals surface area (Å²) in [5.74, 6) is 1.77. The number of aromatic nitrogens is 2. The molecule has 1 aliphatic carbocycles. The average Bonchev–Trinajstić information content (AvgIpc) is 2.83. The zero-order valence-corrected chi connectivity index (χ0v) is 10.8. The van der Waals surface area contributed by atoms with E-state index in [0.29, 0.717) is 11.7 Å². The molecule has 0 unspecified atom stereocenters. The summed E-state index contributed by atoms with van der Waals surface area (Å²) in [5.41, 5.74) is 2.19. The maximum atomic E-state index is 9.98. The summed E-state index contributed by atoms with van der Waals surface area (Å²) in [5, 5.41) is 13.7. The third-order valence-electron chi connectivity index (χ3n) is 3.33. The molecule has 2 aromatic rings. The Balaban J connectivity index is 1.73. The minimum Gasteiger partial charge on any atom is -0.484 e. The summed E-state index contributed by atoms with van der Waals surface area (Å²) in [7, 11) is 0. The van der Waals surface area contributed by atoms with Gasteiger partial charge in [-0.2, -0.15) is 4.98 Å². The Kier molecular flexibility index (Phi) is 3.21. The van der Waals surface area contributed by atoms with E-state index in [0.717, 1.165) is 30.6 Å². The van der Waals surface area contributed by atoms with Crippen LogP contribution in [0.2, 0.25) is 0 Å². The van der Waals surface area contributed by atoms with E-state index in [1.165, 1.54) is 5.56 Å². The summed E-state index contributed by atoms with van der Waals surface area (Å²) >= 11 is 0. The number of hydrogen-bond donors (Lipinski definition) is 1. The second kappa shape index (κ2) is 5.01. The maximum Gasteiger partial charge on any atom is 0.264 e. The van der Waals surface area contributed by atoms with Gasteiger partial charge in [-0.05, 0) is 49.4 Å². The standard InChI is InChI=1S/C14H16N2O3/c1-9-15-14(19-16-9)8-18-11-6-5-10-3-2-4-13(17)12(10)7-11/h5-7,13,17H,2-4,8H2,1H3/t13-/m0/s1. The lowest BCUT2D eigenvalue weighted by Gasteiger charge is -2.21. The van der Waals surface area contributed by atoms with Crippen LogP contribution in [0.5, 0.6) is 5.75 Å². The van der Waals surface area contributed by atoms with Gasteiger partial charge in [-0.3, -0.25) is 0 Å². The number of rotatable bonds is 3. The van der Waals surface area contributed by atoms with Crippen molar-refractivity contribution in [3.05, 3.63) is 41.0 Å². The van der Waals surface area contributed by atoms with E-state index in [4.69, 9.17) is 9.26 Å². The lowest BCUT2D eigenvalue weighted by molar-refractivity contribution is 0.155. The number of aryl methyl sites for hydroxylation is 2. The molecule has 3 rings (SSSR count). The van der Waals surface area contributed by atoms with Crippen molar-refractivity contribution in [1.82, 2.24) is 10.1 Å². The fourth-order valence-electron chi connectivity index (χ4n) is 2.39. The molecule has 1 aliphatic rings. The largest absolute Gasteiger partial charge is 0.484 e. The zero-order valence-electron chi connectivity index (χ0n) is 10.8. The number of aliphatic hydroxyl groups excluding tert-OH is 1. The highest BCUT2D eigenvalue weighted by molar-refractivity contribution is 5.38. The molecule has 5 heteroatoms. The molecule has 1 aromatic heterocycles. The maximum absolute atomic E-state index is 9.98. The molecule has 0 saturated heterocycles. The number of ether oxygens (including phenoxy) is 1. The highest BCUT2D eigenvalue weighted by Crippen LogP contribution is 2.32. The highest BCUT2D eigenvalue weighted by atomic mass is 16.5. The van der Waals surface area contributed by atoms with E-state index in [9.17, 15) is 5.11 Å². The van der Waals surface area contributed by atoms with Crippen LogP contribution in [0.4, 0.5) is 0 Å².